The summed E-state index contributed by atoms with van der Waals surface area (Å²) >= 11 is 0. The maximum atomic E-state index is 14.5. The van der Waals surface area contributed by atoms with Gasteiger partial charge in [-0.15, -0.1) is 0 Å². The molecule has 6 atom stereocenters. The highest BCUT2D eigenvalue weighted by Crippen LogP contribution is 2.52. The number of hydrogen-bond acceptors (Lipinski definition) is 13. The van der Waals surface area contributed by atoms with Crippen LogP contribution in [0.25, 0.3) is 0 Å². The molecule has 2 aliphatic heterocycles. The number of rotatable bonds is 22. The molecule has 16 nitrogen and oxygen atoms in total. The van der Waals surface area contributed by atoms with Crippen LogP contribution in [0.1, 0.15) is 85.4 Å². The minimum atomic E-state index is -2.76. The summed E-state index contributed by atoms with van der Waals surface area (Å²) in [5.74, 6) is 0.383. The quantitative estimate of drug-likeness (QED) is 0.0321. The van der Waals surface area contributed by atoms with Gasteiger partial charge in [-0.2, -0.15) is 5.26 Å². The van der Waals surface area contributed by atoms with Gasteiger partial charge >= 0.3 is 12.0 Å². The molecule has 0 bridgehead atoms. The number of hydrogen-bond donors (Lipinski definition) is 2. The monoisotopic (exact) mass is 975 g/mol. The number of amides is 3. The Morgan fingerprint density at radius 2 is 1.46 bits per heavy atom. The van der Waals surface area contributed by atoms with Crippen LogP contribution in [0.5, 0.6) is 11.5 Å². The summed E-state index contributed by atoms with van der Waals surface area (Å²) in [6.07, 6.45) is -3.30. The van der Waals surface area contributed by atoms with Crippen molar-refractivity contribution in [2.24, 2.45) is 0 Å². The molecule has 2 heterocycles. The summed E-state index contributed by atoms with van der Waals surface area (Å²) in [7, 11) is -1.43. The van der Waals surface area contributed by atoms with Crippen molar-refractivity contribution in [3.05, 3.63) is 107 Å². The molecule has 2 N–H and O–H groups in total. The van der Waals surface area contributed by atoms with E-state index in [1.165, 1.54) is 18.7 Å². The Labute approximate surface area is 404 Å². The van der Waals surface area contributed by atoms with Gasteiger partial charge in [-0.3, -0.25) is 14.5 Å². The van der Waals surface area contributed by atoms with Crippen molar-refractivity contribution in [1.29, 1.82) is 5.26 Å². The van der Waals surface area contributed by atoms with Crippen LogP contribution in [0.2, 0.25) is 18.1 Å². The van der Waals surface area contributed by atoms with Crippen LogP contribution in [0, 0.1) is 11.3 Å². The van der Waals surface area contributed by atoms with Crippen molar-refractivity contribution in [1.82, 2.24) is 20.2 Å². The molecule has 1 fully saturated rings. The molecule has 2 unspecified atom stereocenters. The molecule has 3 amide bonds. The Morgan fingerprint density at radius 3 is 1.94 bits per heavy atom. The molecule has 5 rings (SSSR count). The highest BCUT2D eigenvalue weighted by atomic mass is 31.2. The van der Waals surface area contributed by atoms with Crippen LogP contribution < -0.4 is 20.1 Å². The van der Waals surface area contributed by atoms with Gasteiger partial charge in [0.2, 0.25) is 5.91 Å². The van der Waals surface area contributed by atoms with Crippen LogP contribution in [-0.4, -0.2) is 113 Å². The number of benzene rings is 3. The maximum Gasteiger partial charge on any atom is 0.325 e. The molecule has 2 aliphatic rings. The lowest BCUT2D eigenvalue weighted by Crippen LogP contribution is -2.60. The minimum Gasteiger partial charge on any atom is -0.497 e. The molecule has 3 aromatic rings. The first kappa shape index (κ1) is 54.1. The molecule has 0 saturated carbocycles. The average molecular weight is 976 g/mol. The minimum absolute atomic E-state index is 0.0444. The fraction of sp³-hybridized carbons (Fsp3) is 0.520. The Bertz CT molecular complexity index is 2160. The van der Waals surface area contributed by atoms with Gasteiger partial charge in [0, 0.05) is 37.7 Å². The number of esters is 1. The summed E-state index contributed by atoms with van der Waals surface area (Å²) in [6.45, 7) is 21.2. The first-order valence-corrected chi connectivity index (χ1v) is 27.0. The van der Waals surface area contributed by atoms with Crippen LogP contribution >= 0.6 is 8.53 Å². The van der Waals surface area contributed by atoms with E-state index in [4.69, 9.17) is 37.2 Å². The highest BCUT2D eigenvalue weighted by molar-refractivity contribution is 7.44. The van der Waals surface area contributed by atoms with Gasteiger partial charge in [-0.1, -0.05) is 75.4 Å². The second kappa shape index (κ2) is 23.6. The normalized spacial score (nSPS) is 20.5. The molecule has 370 valence electrons. The number of carbonyl (C=O) groups is 3. The SMILES string of the molecule is COc1ccc(C(OC[C@H]2O[C@@H](N3C=C(COC(C)=O)C(NC(C)=O)NC3=O)[C@H](O[Si](C)(C)C(C)(C)C)[C@@H]2OP(OCCC#N)N(C(C)C)C(C)C)(c2ccccc2)c2ccc(OC)cc2)cc1. The predicted octanol–water partition coefficient (Wildman–Crippen LogP) is 8.72. The lowest BCUT2D eigenvalue weighted by Gasteiger charge is -2.44. The van der Waals surface area contributed by atoms with E-state index in [-0.39, 0.29) is 43.4 Å². The van der Waals surface area contributed by atoms with Crippen LogP contribution in [0.3, 0.4) is 0 Å². The van der Waals surface area contributed by atoms with E-state index in [9.17, 15) is 19.6 Å². The van der Waals surface area contributed by atoms with Gasteiger partial charge in [0.05, 0.1) is 39.9 Å². The molecule has 68 heavy (non-hydrogen) atoms. The number of nitrogens with zero attached hydrogens (tertiary/aromatic N) is 3. The Morgan fingerprint density at radius 1 is 0.897 bits per heavy atom. The third-order valence-corrected chi connectivity index (χ3v) is 18.9. The molecule has 0 aliphatic carbocycles. The van der Waals surface area contributed by atoms with E-state index in [1.54, 1.807) is 20.4 Å². The third-order valence-electron chi connectivity index (χ3n) is 12.3. The summed E-state index contributed by atoms with van der Waals surface area (Å²) in [5.41, 5.74) is 1.53. The first-order valence-electron chi connectivity index (χ1n) is 22.9. The zero-order valence-corrected chi connectivity index (χ0v) is 43.6. The highest BCUT2D eigenvalue weighted by Gasteiger charge is 2.56. The summed E-state index contributed by atoms with van der Waals surface area (Å²) in [5, 5.41) is 14.9. The second-order valence-electron chi connectivity index (χ2n) is 18.8. The average Bonchev–Trinajstić information content (AvgIpc) is 3.60. The lowest BCUT2D eigenvalue weighted by molar-refractivity contribution is -0.140. The molecule has 0 radical (unpaired) electrons. The molecule has 0 aromatic heterocycles. The van der Waals surface area contributed by atoms with Crippen LogP contribution in [-0.2, 0) is 42.9 Å². The Hall–Kier alpha value is -4.89. The fourth-order valence-electron chi connectivity index (χ4n) is 7.94. The van der Waals surface area contributed by atoms with Crippen molar-refractivity contribution in [2.75, 3.05) is 34.0 Å². The summed E-state index contributed by atoms with van der Waals surface area (Å²) in [6, 6.07) is 26.8. The molecule has 3 aromatic carbocycles. The van der Waals surface area contributed by atoms with E-state index in [0.29, 0.717) is 17.1 Å². The zero-order chi connectivity index (χ0) is 50.0. The van der Waals surface area contributed by atoms with E-state index < -0.39 is 71.1 Å². The van der Waals surface area contributed by atoms with E-state index in [2.05, 4.69) is 82.9 Å². The second-order valence-corrected chi connectivity index (χ2v) is 25.0. The topological polar surface area (TPSA) is 179 Å². The van der Waals surface area contributed by atoms with Crippen molar-refractivity contribution < 1.29 is 51.5 Å². The predicted molar refractivity (Wildman–Crippen MR) is 262 cm³/mol. The maximum absolute atomic E-state index is 14.5. The summed E-state index contributed by atoms with van der Waals surface area (Å²) < 4.78 is 54.6. The molecular formula is C50H70N5O11PSi. The van der Waals surface area contributed by atoms with Crippen LogP contribution in [0.4, 0.5) is 4.79 Å². The van der Waals surface area contributed by atoms with Crippen molar-refractivity contribution in [3.63, 3.8) is 0 Å². The van der Waals surface area contributed by atoms with Crippen LogP contribution in [0.15, 0.2) is 90.6 Å². The number of nitrogens with one attached hydrogen (secondary N) is 2. The zero-order valence-electron chi connectivity index (χ0n) is 41.7. The molecule has 0 spiro atoms. The van der Waals surface area contributed by atoms with Crippen molar-refractivity contribution in [3.8, 4) is 17.6 Å². The Kier molecular flexibility index (Phi) is 18.8. The van der Waals surface area contributed by atoms with Crippen molar-refractivity contribution in [2.45, 2.75) is 135 Å². The van der Waals surface area contributed by atoms with E-state index >= 15 is 0 Å². The van der Waals surface area contributed by atoms with Gasteiger partial charge < -0.3 is 47.8 Å². The molecular weight excluding hydrogens is 906 g/mol. The number of carbonyl (C=O) groups excluding carboxylic acids is 3. The number of ether oxygens (including phenoxy) is 5. The number of nitriles is 1. The summed E-state index contributed by atoms with van der Waals surface area (Å²) in [4.78, 5) is 40.4. The van der Waals surface area contributed by atoms with Gasteiger partial charge in [-0.05, 0) is 86.8 Å². The number of urea groups is 1. The van der Waals surface area contributed by atoms with E-state index in [0.717, 1.165) is 16.7 Å². The largest absolute Gasteiger partial charge is 0.497 e. The fourth-order valence-corrected chi connectivity index (χ4v) is 11.0. The van der Waals surface area contributed by atoms with Gasteiger partial charge in [0.15, 0.2) is 14.5 Å². The standard InChI is InChI=1S/C50H70N5O11PSi/c1-33(2)55(34(3)4)67(63-29-17-28-51)65-44-43(32-62-50(38-18-15-14-16-19-38,39-20-24-41(59-10)25-21-39)40-22-26-42(60-11)27-23-40)64-47(45(44)66-68(12,13)49(7,8)9)54-30-37(31-61-36(6)57)46(52-35(5)56)53-48(54)58/h14-16,18-27,30,33-34,43-47H,17,29,31-32H2,1-13H3,(H,52,56)(H,53,58)/t43-,44-,45-,46?,47-,67?/m1/s1. The van der Waals surface area contributed by atoms with Gasteiger partial charge in [-0.25, -0.2) is 9.46 Å². The van der Waals surface area contributed by atoms with Crippen molar-refractivity contribution >= 4 is 34.8 Å². The smallest absolute Gasteiger partial charge is 0.325 e. The van der Waals surface area contributed by atoms with Gasteiger partial charge in [0.1, 0.15) is 48.2 Å². The molecule has 1 saturated heterocycles. The lowest BCUT2D eigenvalue weighted by atomic mass is 9.80. The first-order chi connectivity index (χ1) is 32.2. The van der Waals surface area contributed by atoms with Gasteiger partial charge in [0.25, 0.3) is 8.53 Å². The molecule has 18 heteroatoms. The Balaban J connectivity index is 1.76. The third kappa shape index (κ3) is 12.8. The van der Waals surface area contributed by atoms with E-state index in [1.807, 2.05) is 78.9 Å². The number of methoxy groups -OCH3 is 2.